The molecule has 2 nitrogen and oxygen atoms in total. The number of hydrogen-bond donors (Lipinski definition) is 0. The van der Waals surface area contributed by atoms with Gasteiger partial charge in [0.25, 0.3) is 0 Å². The largest absolute Gasteiger partial charge is 0.455 e. The van der Waals surface area contributed by atoms with Gasteiger partial charge in [-0.1, -0.05) is 25.1 Å². The summed E-state index contributed by atoms with van der Waals surface area (Å²) in [5.74, 6) is 0. The van der Waals surface area contributed by atoms with Gasteiger partial charge < -0.3 is 4.42 Å². The van der Waals surface area contributed by atoms with E-state index in [-0.39, 0.29) is 0 Å². The number of halogens is 1. The maximum atomic E-state index is 5.97. The molecule has 0 radical (unpaired) electrons. The molecule has 0 spiro atoms. The summed E-state index contributed by atoms with van der Waals surface area (Å²) in [6.07, 6.45) is 4.76. The first-order valence-electron chi connectivity index (χ1n) is 7.32. The van der Waals surface area contributed by atoms with Gasteiger partial charge in [0.1, 0.15) is 11.2 Å². The van der Waals surface area contributed by atoms with Gasteiger partial charge in [-0.3, -0.25) is 4.98 Å². The third kappa shape index (κ3) is 2.04. The van der Waals surface area contributed by atoms with Gasteiger partial charge in [0.05, 0.1) is 4.47 Å². The van der Waals surface area contributed by atoms with Gasteiger partial charge in [0.15, 0.2) is 0 Å². The molecule has 0 amide bonds. The Morgan fingerprint density at radius 1 is 1.09 bits per heavy atom. The molecule has 2 heterocycles. The molecule has 3 heteroatoms. The lowest BCUT2D eigenvalue weighted by atomic mass is 9.98. The highest BCUT2D eigenvalue weighted by Gasteiger charge is 2.13. The van der Waals surface area contributed by atoms with Crippen molar-refractivity contribution in [1.82, 2.24) is 4.98 Å². The van der Waals surface area contributed by atoms with Gasteiger partial charge in [0.2, 0.25) is 0 Å². The Hall–Kier alpha value is -2.13. The van der Waals surface area contributed by atoms with E-state index in [9.17, 15) is 0 Å². The molecule has 0 unspecified atom stereocenters. The van der Waals surface area contributed by atoms with Crippen LogP contribution in [0.15, 0.2) is 63.7 Å². The number of benzene rings is 2. The number of aryl methyl sites for hydroxylation is 1. The van der Waals surface area contributed by atoms with Crippen LogP contribution in [0, 0.1) is 0 Å². The standard InChI is InChI=1S/C19H14BrNO/c1-2-12-11-21-8-7-14(12)13-9-16-15-5-3-4-6-18(15)22-19(16)17(20)10-13/h3-11H,2H2,1H3. The molecule has 4 aromatic rings. The number of nitrogens with zero attached hydrogens (tertiary/aromatic N) is 1. The summed E-state index contributed by atoms with van der Waals surface area (Å²) in [4.78, 5) is 4.24. The van der Waals surface area contributed by atoms with Crippen LogP contribution in [0.2, 0.25) is 0 Å². The topological polar surface area (TPSA) is 26.0 Å². The zero-order valence-corrected chi connectivity index (χ0v) is 13.7. The average Bonchev–Trinajstić information content (AvgIpc) is 2.94. The van der Waals surface area contributed by atoms with E-state index in [2.05, 4.69) is 52.1 Å². The molecule has 22 heavy (non-hydrogen) atoms. The third-order valence-corrected chi connectivity index (χ3v) is 4.62. The van der Waals surface area contributed by atoms with Crippen molar-refractivity contribution in [2.75, 3.05) is 0 Å². The fourth-order valence-corrected chi connectivity index (χ4v) is 3.47. The Bertz CT molecular complexity index is 987. The highest BCUT2D eigenvalue weighted by Crippen LogP contribution is 2.37. The van der Waals surface area contributed by atoms with Crippen molar-refractivity contribution in [3.63, 3.8) is 0 Å². The summed E-state index contributed by atoms with van der Waals surface area (Å²) in [5, 5.41) is 2.28. The van der Waals surface area contributed by atoms with Crippen LogP contribution in [0.4, 0.5) is 0 Å². The van der Waals surface area contributed by atoms with Crippen LogP contribution in [-0.4, -0.2) is 4.98 Å². The molecular weight excluding hydrogens is 338 g/mol. The molecule has 108 valence electrons. The van der Waals surface area contributed by atoms with Gasteiger partial charge in [0, 0.05) is 23.2 Å². The van der Waals surface area contributed by atoms with Crippen molar-refractivity contribution in [3.8, 4) is 11.1 Å². The van der Waals surface area contributed by atoms with E-state index < -0.39 is 0 Å². The molecule has 0 bridgehead atoms. The van der Waals surface area contributed by atoms with Gasteiger partial charge >= 0.3 is 0 Å². The number of rotatable bonds is 2. The molecule has 2 aromatic heterocycles. The zero-order valence-electron chi connectivity index (χ0n) is 12.1. The molecular formula is C19H14BrNO. The van der Waals surface area contributed by atoms with E-state index in [0.717, 1.165) is 32.8 Å². The second kappa shape index (κ2) is 5.25. The van der Waals surface area contributed by atoms with Crippen LogP contribution in [0.3, 0.4) is 0 Å². The lowest BCUT2D eigenvalue weighted by molar-refractivity contribution is 0.667. The highest BCUT2D eigenvalue weighted by molar-refractivity contribution is 9.10. The normalized spacial score (nSPS) is 11.4. The molecule has 0 saturated heterocycles. The first-order chi connectivity index (χ1) is 10.8. The summed E-state index contributed by atoms with van der Waals surface area (Å²) < 4.78 is 6.95. The molecule has 0 aliphatic carbocycles. The van der Waals surface area contributed by atoms with Crippen molar-refractivity contribution >= 4 is 37.9 Å². The lowest BCUT2D eigenvalue weighted by Gasteiger charge is -2.08. The van der Waals surface area contributed by atoms with Crippen LogP contribution in [0.1, 0.15) is 12.5 Å². The van der Waals surface area contributed by atoms with E-state index in [4.69, 9.17) is 4.42 Å². The molecule has 2 aromatic carbocycles. The van der Waals surface area contributed by atoms with Gasteiger partial charge in [-0.05, 0) is 63.3 Å². The Morgan fingerprint density at radius 2 is 1.95 bits per heavy atom. The van der Waals surface area contributed by atoms with Crippen molar-refractivity contribution in [3.05, 3.63) is 64.9 Å². The van der Waals surface area contributed by atoms with Gasteiger partial charge in [-0.25, -0.2) is 0 Å². The number of pyridine rings is 1. The van der Waals surface area contributed by atoms with Crippen LogP contribution in [0.25, 0.3) is 33.1 Å². The quantitative estimate of drug-likeness (QED) is 0.444. The van der Waals surface area contributed by atoms with E-state index in [0.29, 0.717) is 0 Å². The molecule has 0 aliphatic rings. The maximum Gasteiger partial charge on any atom is 0.149 e. The van der Waals surface area contributed by atoms with Gasteiger partial charge in [-0.2, -0.15) is 0 Å². The third-order valence-electron chi connectivity index (χ3n) is 4.03. The Morgan fingerprint density at radius 3 is 2.82 bits per heavy atom. The SMILES string of the molecule is CCc1cnccc1-c1cc(Br)c2oc3ccccc3c2c1. The predicted molar refractivity (Wildman–Crippen MR) is 94.0 cm³/mol. The Kier molecular flexibility index (Phi) is 3.23. The van der Waals surface area contributed by atoms with Crippen molar-refractivity contribution in [2.24, 2.45) is 0 Å². The van der Waals surface area contributed by atoms with Gasteiger partial charge in [-0.15, -0.1) is 0 Å². The van der Waals surface area contributed by atoms with E-state index in [1.54, 1.807) is 0 Å². The molecule has 0 N–H and O–H groups in total. The minimum atomic E-state index is 0.900. The smallest absolute Gasteiger partial charge is 0.149 e. The Balaban J connectivity index is 2.05. The van der Waals surface area contributed by atoms with Crippen molar-refractivity contribution < 1.29 is 4.42 Å². The molecule has 4 rings (SSSR count). The first kappa shape index (κ1) is 13.5. The first-order valence-corrected chi connectivity index (χ1v) is 8.11. The molecule has 0 saturated carbocycles. The van der Waals surface area contributed by atoms with Crippen molar-refractivity contribution in [2.45, 2.75) is 13.3 Å². The van der Waals surface area contributed by atoms with Crippen LogP contribution < -0.4 is 0 Å². The number of para-hydroxylation sites is 1. The highest BCUT2D eigenvalue weighted by atomic mass is 79.9. The number of fused-ring (bicyclic) bond motifs is 3. The second-order valence-corrected chi connectivity index (χ2v) is 6.17. The molecule has 0 atom stereocenters. The van der Waals surface area contributed by atoms with E-state index >= 15 is 0 Å². The lowest BCUT2D eigenvalue weighted by Crippen LogP contribution is -1.89. The molecule has 0 fully saturated rings. The Labute approximate surface area is 136 Å². The minimum absolute atomic E-state index is 0.900. The monoisotopic (exact) mass is 351 g/mol. The fraction of sp³-hybridized carbons (Fsp3) is 0.105. The zero-order chi connectivity index (χ0) is 15.1. The average molecular weight is 352 g/mol. The number of hydrogen-bond acceptors (Lipinski definition) is 2. The van der Waals surface area contributed by atoms with Crippen LogP contribution in [0.5, 0.6) is 0 Å². The fourth-order valence-electron chi connectivity index (χ4n) is 2.93. The molecule has 0 aliphatic heterocycles. The summed E-state index contributed by atoms with van der Waals surface area (Å²) in [7, 11) is 0. The minimum Gasteiger partial charge on any atom is -0.455 e. The van der Waals surface area contributed by atoms with Crippen LogP contribution >= 0.6 is 15.9 Å². The number of furan rings is 1. The summed E-state index contributed by atoms with van der Waals surface area (Å²) in [6.45, 7) is 2.15. The summed E-state index contributed by atoms with van der Waals surface area (Å²) >= 11 is 3.66. The van der Waals surface area contributed by atoms with Crippen molar-refractivity contribution in [1.29, 1.82) is 0 Å². The van der Waals surface area contributed by atoms with E-state index in [1.165, 1.54) is 16.7 Å². The summed E-state index contributed by atoms with van der Waals surface area (Å²) in [5.41, 5.74) is 5.48. The maximum absolute atomic E-state index is 5.97. The van der Waals surface area contributed by atoms with E-state index in [1.807, 2.05) is 30.6 Å². The number of aromatic nitrogens is 1. The predicted octanol–water partition coefficient (Wildman–Crippen LogP) is 5.97. The van der Waals surface area contributed by atoms with Crippen LogP contribution in [-0.2, 0) is 6.42 Å². The second-order valence-electron chi connectivity index (χ2n) is 5.32. The summed E-state index contributed by atoms with van der Waals surface area (Å²) in [6, 6.07) is 14.6.